The Morgan fingerprint density at radius 1 is 1.50 bits per heavy atom. The van der Waals surface area contributed by atoms with E-state index in [0.29, 0.717) is 12.3 Å². The lowest BCUT2D eigenvalue weighted by molar-refractivity contribution is 0.562. The van der Waals surface area contributed by atoms with Crippen molar-refractivity contribution < 1.29 is 0 Å². The van der Waals surface area contributed by atoms with Crippen LogP contribution in [0.3, 0.4) is 0 Å². The molecule has 0 radical (unpaired) electrons. The predicted molar refractivity (Wildman–Crippen MR) is 53.5 cm³/mol. The summed E-state index contributed by atoms with van der Waals surface area (Å²) in [5, 5.41) is 16.5. The molecule has 0 aliphatic rings. The molecule has 1 aromatic rings. The summed E-state index contributed by atoms with van der Waals surface area (Å²) in [6, 6.07) is 2.11. The predicted octanol–water partition coefficient (Wildman–Crippen LogP) is 1.47. The maximum atomic E-state index is 8.60. The van der Waals surface area contributed by atoms with Crippen LogP contribution in [-0.2, 0) is 19.9 Å². The molecular formula is C10H16N4. The van der Waals surface area contributed by atoms with E-state index in [-0.39, 0.29) is 0 Å². The topological polar surface area (TPSA) is 54.5 Å². The number of rotatable bonds is 4. The van der Waals surface area contributed by atoms with Crippen molar-refractivity contribution in [3.05, 3.63) is 11.4 Å². The molecule has 1 rings (SSSR count). The summed E-state index contributed by atoms with van der Waals surface area (Å²) in [4.78, 5) is 0. The summed E-state index contributed by atoms with van der Waals surface area (Å²) in [7, 11) is 1.88. The van der Waals surface area contributed by atoms with Gasteiger partial charge in [0.05, 0.1) is 23.9 Å². The average Bonchev–Trinajstić information content (AvgIpc) is 2.45. The van der Waals surface area contributed by atoms with E-state index < -0.39 is 0 Å². The van der Waals surface area contributed by atoms with Gasteiger partial charge in [-0.05, 0) is 18.8 Å². The molecule has 0 atom stereocenters. The zero-order chi connectivity index (χ0) is 10.6. The molecular weight excluding hydrogens is 176 g/mol. The zero-order valence-electron chi connectivity index (χ0n) is 8.99. The highest BCUT2D eigenvalue weighted by Gasteiger charge is 2.10. The second-order valence-electron chi connectivity index (χ2n) is 3.87. The van der Waals surface area contributed by atoms with Crippen LogP contribution in [0.2, 0.25) is 0 Å². The Hall–Kier alpha value is -1.37. The molecule has 0 aliphatic heterocycles. The molecule has 0 aromatic carbocycles. The Morgan fingerprint density at radius 2 is 2.21 bits per heavy atom. The number of nitrogens with zero attached hydrogens (tertiary/aromatic N) is 4. The van der Waals surface area contributed by atoms with Crippen molar-refractivity contribution in [3.63, 3.8) is 0 Å². The van der Waals surface area contributed by atoms with E-state index in [1.807, 2.05) is 7.05 Å². The van der Waals surface area contributed by atoms with Crippen LogP contribution in [0.4, 0.5) is 0 Å². The summed E-state index contributed by atoms with van der Waals surface area (Å²) < 4.78 is 1.77. The van der Waals surface area contributed by atoms with Crippen LogP contribution in [-0.4, -0.2) is 15.0 Å². The second kappa shape index (κ2) is 4.75. The summed E-state index contributed by atoms with van der Waals surface area (Å²) in [5.41, 5.74) is 1.93. The molecule has 0 aliphatic carbocycles. The first-order chi connectivity index (χ1) is 6.65. The van der Waals surface area contributed by atoms with Gasteiger partial charge in [0.25, 0.3) is 0 Å². The van der Waals surface area contributed by atoms with E-state index in [2.05, 4.69) is 30.2 Å². The van der Waals surface area contributed by atoms with Gasteiger partial charge in [-0.25, -0.2) is 0 Å². The van der Waals surface area contributed by atoms with Gasteiger partial charge in [-0.2, -0.15) is 5.26 Å². The third kappa shape index (κ3) is 2.56. The summed E-state index contributed by atoms with van der Waals surface area (Å²) in [6.07, 6.45) is 2.43. The van der Waals surface area contributed by atoms with Gasteiger partial charge >= 0.3 is 0 Å². The third-order valence-electron chi connectivity index (χ3n) is 2.23. The Kier molecular flexibility index (Phi) is 3.63. The van der Waals surface area contributed by atoms with E-state index in [1.165, 1.54) is 0 Å². The molecule has 4 heteroatoms. The minimum atomic E-state index is 0.362. The highest BCUT2D eigenvalue weighted by atomic mass is 15.4. The SMILES string of the molecule is CC(C)CCc1c(CC#N)nnn1C. The lowest BCUT2D eigenvalue weighted by atomic mass is 10.0. The van der Waals surface area contributed by atoms with E-state index in [9.17, 15) is 0 Å². The summed E-state index contributed by atoms with van der Waals surface area (Å²) >= 11 is 0. The van der Waals surface area contributed by atoms with Crippen molar-refractivity contribution in [2.24, 2.45) is 13.0 Å². The molecule has 76 valence electrons. The van der Waals surface area contributed by atoms with Crippen LogP contribution in [0.25, 0.3) is 0 Å². The van der Waals surface area contributed by atoms with Crippen molar-refractivity contribution in [1.82, 2.24) is 15.0 Å². The van der Waals surface area contributed by atoms with Crippen LogP contribution in [0.1, 0.15) is 31.7 Å². The van der Waals surface area contributed by atoms with Crippen molar-refractivity contribution in [2.75, 3.05) is 0 Å². The van der Waals surface area contributed by atoms with Crippen molar-refractivity contribution in [3.8, 4) is 6.07 Å². The fourth-order valence-electron chi connectivity index (χ4n) is 1.36. The highest BCUT2D eigenvalue weighted by Crippen LogP contribution is 2.11. The van der Waals surface area contributed by atoms with Crippen molar-refractivity contribution >= 4 is 0 Å². The Balaban J connectivity index is 2.73. The van der Waals surface area contributed by atoms with Crippen LogP contribution in [0, 0.1) is 17.2 Å². The van der Waals surface area contributed by atoms with Gasteiger partial charge in [0.1, 0.15) is 0 Å². The van der Waals surface area contributed by atoms with Crippen LogP contribution < -0.4 is 0 Å². The second-order valence-corrected chi connectivity index (χ2v) is 3.87. The minimum Gasteiger partial charge on any atom is -0.252 e. The smallest absolute Gasteiger partial charge is 0.0999 e. The number of hydrogen-bond donors (Lipinski definition) is 0. The standard InChI is InChI=1S/C10H16N4/c1-8(2)4-5-10-9(6-7-11)12-13-14(10)3/h8H,4-6H2,1-3H3. The third-order valence-corrected chi connectivity index (χ3v) is 2.23. The average molecular weight is 192 g/mol. The van der Waals surface area contributed by atoms with E-state index in [1.54, 1.807) is 4.68 Å². The van der Waals surface area contributed by atoms with Gasteiger partial charge in [0.15, 0.2) is 0 Å². The van der Waals surface area contributed by atoms with Gasteiger partial charge < -0.3 is 0 Å². The lowest BCUT2D eigenvalue weighted by Gasteiger charge is -2.05. The first kappa shape index (κ1) is 10.7. The van der Waals surface area contributed by atoms with Gasteiger partial charge in [-0.15, -0.1) is 5.10 Å². The molecule has 0 unspecified atom stereocenters. The van der Waals surface area contributed by atoms with Crippen LogP contribution in [0.5, 0.6) is 0 Å². The Labute approximate surface area is 84.5 Å². The molecule has 0 saturated heterocycles. The monoisotopic (exact) mass is 192 g/mol. The van der Waals surface area contributed by atoms with Crippen LogP contribution in [0.15, 0.2) is 0 Å². The van der Waals surface area contributed by atoms with Gasteiger partial charge in [0.2, 0.25) is 0 Å². The molecule has 1 heterocycles. The van der Waals surface area contributed by atoms with E-state index in [0.717, 1.165) is 24.2 Å². The van der Waals surface area contributed by atoms with E-state index in [4.69, 9.17) is 5.26 Å². The Bertz CT molecular complexity index is 332. The van der Waals surface area contributed by atoms with Gasteiger partial charge in [0, 0.05) is 7.05 Å². The maximum absolute atomic E-state index is 8.60. The first-order valence-corrected chi connectivity index (χ1v) is 4.89. The normalized spacial score (nSPS) is 10.5. The molecule has 0 fully saturated rings. The highest BCUT2D eigenvalue weighted by molar-refractivity contribution is 5.14. The van der Waals surface area contributed by atoms with E-state index >= 15 is 0 Å². The molecule has 0 bridgehead atoms. The van der Waals surface area contributed by atoms with Gasteiger partial charge in [-0.1, -0.05) is 19.1 Å². The number of hydrogen-bond acceptors (Lipinski definition) is 3. The van der Waals surface area contributed by atoms with Crippen molar-refractivity contribution in [1.29, 1.82) is 5.26 Å². The fourth-order valence-corrected chi connectivity index (χ4v) is 1.36. The number of aromatic nitrogens is 3. The van der Waals surface area contributed by atoms with Crippen molar-refractivity contribution in [2.45, 2.75) is 33.1 Å². The largest absolute Gasteiger partial charge is 0.252 e. The summed E-state index contributed by atoms with van der Waals surface area (Å²) in [6.45, 7) is 4.38. The number of nitriles is 1. The molecule has 14 heavy (non-hydrogen) atoms. The molecule has 4 nitrogen and oxygen atoms in total. The molecule has 0 saturated carbocycles. The molecule has 0 amide bonds. The fraction of sp³-hybridized carbons (Fsp3) is 0.700. The zero-order valence-corrected chi connectivity index (χ0v) is 8.99. The number of aryl methyl sites for hydroxylation is 1. The Morgan fingerprint density at radius 3 is 2.79 bits per heavy atom. The van der Waals surface area contributed by atoms with Crippen LogP contribution >= 0.6 is 0 Å². The lowest BCUT2D eigenvalue weighted by Crippen LogP contribution is -2.02. The summed E-state index contributed by atoms with van der Waals surface area (Å²) in [5.74, 6) is 0.667. The molecule has 0 spiro atoms. The minimum absolute atomic E-state index is 0.362. The quantitative estimate of drug-likeness (QED) is 0.725. The molecule has 0 N–H and O–H groups in total. The maximum Gasteiger partial charge on any atom is 0.0999 e. The molecule has 1 aromatic heterocycles. The first-order valence-electron chi connectivity index (χ1n) is 4.89. The van der Waals surface area contributed by atoms with Gasteiger partial charge in [-0.3, -0.25) is 4.68 Å².